The van der Waals surface area contributed by atoms with Crippen molar-refractivity contribution in [2.45, 2.75) is 52.7 Å². The van der Waals surface area contributed by atoms with Crippen molar-refractivity contribution in [3.8, 4) is 0 Å². The van der Waals surface area contributed by atoms with Crippen LogP contribution in [-0.2, 0) is 4.74 Å². The lowest BCUT2D eigenvalue weighted by atomic mass is 10.2. The van der Waals surface area contributed by atoms with Crippen LogP contribution in [0.25, 0.3) is 0 Å². The molecule has 0 aromatic heterocycles. The van der Waals surface area contributed by atoms with E-state index in [1.165, 1.54) is 0 Å². The fraction of sp³-hybridized carbons (Fsp3) is 0.909. The monoisotopic (exact) mass is 217 g/mol. The van der Waals surface area contributed by atoms with E-state index < -0.39 is 5.60 Å². The number of amides is 1. The zero-order valence-corrected chi connectivity index (χ0v) is 10.4. The van der Waals surface area contributed by atoms with Gasteiger partial charge in [0.15, 0.2) is 0 Å². The number of hydrogen-bond donors (Lipinski definition) is 1. The molecular weight excluding hydrogens is 194 g/mol. The van der Waals surface area contributed by atoms with Gasteiger partial charge in [0.25, 0.3) is 0 Å². The fourth-order valence-corrected chi connectivity index (χ4v) is 1.05. The third-order valence-electron chi connectivity index (χ3n) is 1.85. The highest BCUT2D eigenvalue weighted by Crippen LogP contribution is 2.10. The molecule has 0 aromatic rings. The minimum atomic E-state index is -0.463. The lowest BCUT2D eigenvalue weighted by Gasteiger charge is -2.26. The second kappa shape index (κ2) is 5.95. The number of hydrogen-bond acceptors (Lipinski definition) is 3. The predicted molar refractivity (Wildman–Crippen MR) is 59.8 cm³/mol. The Kier molecular flexibility index (Phi) is 5.65. The Morgan fingerprint density at radius 2 is 2.00 bits per heavy atom. The third kappa shape index (κ3) is 7.19. The summed E-state index contributed by atoms with van der Waals surface area (Å²) in [7, 11) is 0. The fourth-order valence-electron chi connectivity index (χ4n) is 1.05. The van der Waals surface area contributed by atoms with Crippen molar-refractivity contribution >= 4 is 6.09 Å². The van der Waals surface area contributed by atoms with Crippen LogP contribution in [0.3, 0.4) is 0 Å². The van der Waals surface area contributed by atoms with Crippen LogP contribution < -0.4 is 0 Å². The molecular formula is C11H23NO3. The normalized spacial score (nSPS) is 13.5. The first-order chi connectivity index (χ1) is 6.76. The van der Waals surface area contributed by atoms with E-state index in [0.717, 1.165) is 0 Å². The van der Waals surface area contributed by atoms with Gasteiger partial charge in [-0.15, -0.1) is 0 Å². The molecule has 90 valence electrons. The van der Waals surface area contributed by atoms with E-state index in [1.807, 2.05) is 27.7 Å². The van der Waals surface area contributed by atoms with Crippen LogP contribution in [0.2, 0.25) is 0 Å². The summed E-state index contributed by atoms with van der Waals surface area (Å²) in [4.78, 5) is 13.2. The molecule has 4 heteroatoms. The Bertz CT molecular complexity index is 196. The summed E-state index contributed by atoms with van der Waals surface area (Å²) >= 11 is 0. The first-order valence-electron chi connectivity index (χ1n) is 5.42. The van der Waals surface area contributed by atoms with Crippen molar-refractivity contribution in [1.82, 2.24) is 4.90 Å². The van der Waals surface area contributed by atoms with E-state index in [-0.39, 0.29) is 12.2 Å². The van der Waals surface area contributed by atoms with Gasteiger partial charge in [-0.1, -0.05) is 0 Å². The average Bonchev–Trinajstić information content (AvgIpc) is 2.01. The van der Waals surface area contributed by atoms with Crippen LogP contribution in [0.5, 0.6) is 0 Å². The summed E-state index contributed by atoms with van der Waals surface area (Å²) in [5, 5.41) is 9.13. The Hall–Kier alpha value is -0.770. The van der Waals surface area contributed by atoms with Gasteiger partial charge in [-0.25, -0.2) is 4.79 Å². The topological polar surface area (TPSA) is 49.8 Å². The molecule has 0 aromatic carbocycles. The number of nitrogens with zero attached hydrogens (tertiary/aromatic N) is 1. The van der Waals surface area contributed by atoms with Crippen LogP contribution >= 0.6 is 0 Å². The molecule has 0 bridgehead atoms. The first kappa shape index (κ1) is 14.2. The maximum Gasteiger partial charge on any atom is 0.410 e. The summed E-state index contributed by atoms with van der Waals surface area (Å²) in [6.45, 7) is 10.3. The summed E-state index contributed by atoms with van der Waals surface area (Å²) in [6, 6.07) is 0. The van der Waals surface area contributed by atoms with Crippen LogP contribution in [0.15, 0.2) is 0 Å². The summed E-state index contributed by atoms with van der Waals surface area (Å²) in [5.41, 5.74) is -0.463. The Morgan fingerprint density at radius 1 is 1.47 bits per heavy atom. The second-order valence-electron chi connectivity index (χ2n) is 4.70. The number of aliphatic hydroxyl groups excluding tert-OH is 1. The standard InChI is InChI=1S/C11H23NO3/c1-6-12(8-7-9(2)13)10(14)15-11(3,4)5/h9,13H,6-8H2,1-5H3. The molecule has 0 rings (SSSR count). The lowest BCUT2D eigenvalue weighted by Crippen LogP contribution is -2.38. The van der Waals surface area contributed by atoms with E-state index >= 15 is 0 Å². The molecule has 0 fully saturated rings. The molecule has 15 heavy (non-hydrogen) atoms. The van der Waals surface area contributed by atoms with E-state index in [1.54, 1.807) is 11.8 Å². The molecule has 1 N–H and O–H groups in total. The smallest absolute Gasteiger partial charge is 0.410 e. The molecule has 0 aliphatic carbocycles. The van der Waals surface area contributed by atoms with Gasteiger partial charge in [-0.05, 0) is 41.0 Å². The largest absolute Gasteiger partial charge is 0.444 e. The van der Waals surface area contributed by atoms with E-state index in [9.17, 15) is 4.79 Å². The van der Waals surface area contributed by atoms with Gasteiger partial charge in [-0.2, -0.15) is 0 Å². The molecule has 0 radical (unpaired) electrons. The molecule has 1 unspecified atom stereocenters. The third-order valence-corrected chi connectivity index (χ3v) is 1.85. The Morgan fingerprint density at radius 3 is 2.33 bits per heavy atom. The van der Waals surface area contributed by atoms with Crippen molar-refractivity contribution in [3.05, 3.63) is 0 Å². The van der Waals surface area contributed by atoms with Gasteiger partial charge in [0.2, 0.25) is 0 Å². The molecule has 1 amide bonds. The van der Waals surface area contributed by atoms with Crippen LogP contribution in [-0.4, -0.2) is 40.9 Å². The quantitative estimate of drug-likeness (QED) is 0.783. The summed E-state index contributed by atoms with van der Waals surface area (Å²) < 4.78 is 5.23. The van der Waals surface area contributed by atoms with Gasteiger partial charge in [0, 0.05) is 13.1 Å². The summed E-state index contributed by atoms with van der Waals surface area (Å²) in [5.74, 6) is 0. The van der Waals surface area contributed by atoms with E-state index in [0.29, 0.717) is 19.5 Å². The van der Waals surface area contributed by atoms with Crippen molar-refractivity contribution in [2.24, 2.45) is 0 Å². The molecule has 0 aliphatic heterocycles. The number of aliphatic hydroxyl groups is 1. The Balaban J connectivity index is 4.11. The Labute approximate surface area is 92.2 Å². The molecule has 0 spiro atoms. The maximum atomic E-state index is 11.6. The molecule has 0 aliphatic rings. The van der Waals surface area contributed by atoms with Crippen LogP contribution in [0, 0.1) is 0 Å². The van der Waals surface area contributed by atoms with E-state index in [2.05, 4.69) is 0 Å². The minimum Gasteiger partial charge on any atom is -0.444 e. The number of carbonyl (C=O) groups is 1. The SMILES string of the molecule is CCN(CCC(C)O)C(=O)OC(C)(C)C. The van der Waals surface area contributed by atoms with Gasteiger partial charge in [0.05, 0.1) is 6.10 Å². The van der Waals surface area contributed by atoms with Crippen molar-refractivity contribution in [3.63, 3.8) is 0 Å². The van der Waals surface area contributed by atoms with Crippen LogP contribution in [0.1, 0.15) is 41.0 Å². The van der Waals surface area contributed by atoms with Gasteiger partial charge < -0.3 is 14.7 Å². The second-order valence-corrected chi connectivity index (χ2v) is 4.70. The zero-order valence-electron chi connectivity index (χ0n) is 10.4. The predicted octanol–water partition coefficient (Wildman–Crippen LogP) is 2.01. The first-order valence-corrected chi connectivity index (χ1v) is 5.42. The van der Waals surface area contributed by atoms with Gasteiger partial charge in [-0.3, -0.25) is 0 Å². The minimum absolute atomic E-state index is 0.314. The van der Waals surface area contributed by atoms with Gasteiger partial charge >= 0.3 is 6.09 Å². The van der Waals surface area contributed by atoms with Crippen molar-refractivity contribution in [2.75, 3.05) is 13.1 Å². The number of rotatable bonds is 4. The molecule has 4 nitrogen and oxygen atoms in total. The lowest BCUT2D eigenvalue weighted by molar-refractivity contribution is 0.0237. The van der Waals surface area contributed by atoms with Crippen molar-refractivity contribution < 1.29 is 14.6 Å². The maximum absolute atomic E-state index is 11.6. The van der Waals surface area contributed by atoms with Crippen molar-refractivity contribution in [1.29, 1.82) is 0 Å². The zero-order chi connectivity index (χ0) is 12.1. The number of carbonyl (C=O) groups excluding carboxylic acids is 1. The highest BCUT2D eigenvalue weighted by Gasteiger charge is 2.20. The molecule has 0 saturated carbocycles. The molecule has 1 atom stereocenters. The molecule has 0 heterocycles. The van der Waals surface area contributed by atoms with Crippen LogP contribution in [0.4, 0.5) is 4.79 Å². The highest BCUT2D eigenvalue weighted by molar-refractivity contribution is 5.68. The number of ether oxygens (including phenoxy) is 1. The highest BCUT2D eigenvalue weighted by atomic mass is 16.6. The van der Waals surface area contributed by atoms with Gasteiger partial charge in [0.1, 0.15) is 5.60 Å². The average molecular weight is 217 g/mol. The van der Waals surface area contributed by atoms with E-state index in [4.69, 9.17) is 9.84 Å². The molecule has 0 saturated heterocycles. The summed E-state index contributed by atoms with van der Waals surface area (Å²) in [6.07, 6.45) is -0.125.